The molecule has 9 nitrogen and oxygen atoms in total. The number of tetrazole rings is 1. The zero-order valence-electron chi connectivity index (χ0n) is 12.8. The van der Waals surface area contributed by atoms with Crippen molar-refractivity contribution in [2.45, 2.75) is 18.9 Å². The summed E-state index contributed by atoms with van der Waals surface area (Å²) in [6, 6.07) is 10.5. The van der Waals surface area contributed by atoms with Crippen LogP contribution in [0.3, 0.4) is 0 Å². The van der Waals surface area contributed by atoms with Gasteiger partial charge in [-0.25, -0.2) is 9.48 Å². The van der Waals surface area contributed by atoms with E-state index >= 15 is 0 Å². The van der Waals surface area contributed by atoms with Crippen molar-refractivity contribution >= 4 is 11.9 Å². The number of carbonyl (C=O) groups is 2. The van der Waals surface area contributed by atoms with Gasteiger partial charge in [-0.3, -0.25) is 4.79 Å². The molecular formula is C15H16N6O3. The highest BCUT2D eigenvalue weighted by Crippen LogP contribution is 2.14. The average molecular weight is 328 g/mol. The Morgan fingerprint density at radius 3 is 2.79 bits per heavy atom. The summed E-state index contributed by atoms with van der Waals surface area (Å²) in [4.78, 5) is 23.9. The highest BCUT2D eigenvalue weighted by atomic mass is 16.5. The first-order valence-electron chi connectivity index (χ1n) is 7.27. The minimum absolute atomic E-state index is 0.195. The van der Waals surface area contributed by atoms with Crippen molar-refractivity contribution in [1.82, 2.24) is 25.5 Å². The molecule has 124 valence electrons. The van der Waals surface area contributed by atoms with Crippen molar-refractivity contribution in [1.29, 1.82) is 5.26 Å². The van der Waals surface area contributed by atoms with Crippen molar-refractivity contribution in [3.63, 3.8) is 0 Å². The Hall–Kier alpha value is -3.28. The predicted molar refractivity (Wildman–Crippen MR) is 81.2 cm³/mol. The SMILES string of the molecule is N#CCCNC(=O)COC(=O)[C@@H](Cc1ccccc1)n1cnnn1. The maximum atomic E-state index is 12.3. The van der Waals surface area contributed by atoms with Gasteiger partial charge in [0.1, 0.15) is 6.33 Å². The van der Waals surface area contributed by atoms with Crippen LogP contribution in [0.2, 0.25) is 0 Å². The van der Waals surface area contributed by atoms with Gasteiger partial charge < -0.3 is 10.1 Å². The summed E-state index contributed by atoms with van der Waals surface area (Å²) in [5.41, 5.74) is 0.911. The number of nitrogens with zero attached hydrogens (tertiary/aromatic N) is 5. The molecule has 0 aliphatic heterocycles. The summed E-state index contributed by atoms with van der Waals surface area (Å²) < 4.78 is 6.34. The predicted octanol–water partition coefficient (Wildman–Crippen LogP) is 0.0300. The van der Waals surface area contributed by atoms with Crippen LogP contribution in [0, 0.1) is 11.3 Å². The Morgan fingerprint density at radius 1 is 1.33 bits per heavy atom. The second-order valence-electron chi connectivity index (χ2n) is 4.86. The van der Waals surface area contributed by atoms with Gasteiger partial charge in [-0.1, -0.05) is 30.3 Å². The molecule has 1 amide bonds. The van der Waals surface area contributed by atoms with Crippen molar-refractivity contribution in [2.24, 2.45) is 0 Å². The van der Waals surface area contributed by atoms with E-state index in [4.69, 9.17) is 10.00 Å². The van der Waals surface area contributed by atoms with Gasteiger partial charge >= 0.3 is 5.97 Å². The van der Waals surface area contributed by atoms with Gasteiger partial charge in [-0.05, 0) is 16.0 Å². The second kappa shape index (κ2) is 8.99. The topological polar surface area (TPSA) is 123 Å². The minimum Gasteiger partial charge on any atom is -0.454 e. The van der Waals surface area contributed by atoms with E-state index in [-0.39, 0.29) is 13.0 Å². The molecule has 9 heteroatoms. The third-order valence-corrected chi connectivity index (χ3v) is 3.13. The third kappa shape index (κ3) is 5.17. The lowest BCUT2D eigenvalue weighted by Gasteiger charge is -2.15. The normalized spacial score (nSPS) is 11.3. The number of benzene rings is 1. The number of carbonyl (C=O) groups excluding carboxylic acids is 2. The molecule has 0 radical (unpaired) electrons. The second-order valence-corrected chi connectivity index (χ2v) is 4.86. The van der Waals surface area contributed by atoms with Crippen LogP contribution in [0.4, 0.5) is 0 Å². The largest absolute Gasteiger partial charge is 0.454 e. The van der Waals surface area contributed by atoms with Gasteiger partial charge in [0.05, 0.1) is 12.5 Å². The summed E-state index contributed by atoms with van der Waals surface area (Å²) in [6.07, 6.45) is 1.85. The van der Waals surface area contributed by atoms with Crippen LogP contribution in [0.1, 0.15) is 18.0 Å². The molecule has 24 heavy (non-hydrogen) atoms. The monoisotopic (exact) mass is 328 g/mol. The highest BCUT2D eigenvalue weighted by Gasteiger charge is 2.24. The van der Waals surface area contributed by atoms with Crippen LogP contribution in [0.15, 0.2) is 36.7 Å². The molecular weight excluding hydrogens is 312 g/mol. The summed E-state index contributed by atoms with van der Waals surface area (Å²) in [5.74, 6) is -1.07. The zero-order chi connectivity index (χ0) is 17.2. The van der Waals surface area contributed by atoms with E-state index in [1.54, 1.807) is 0 Å². The molecule has 1 atom stereocenters. The molecule has 0 aliphatic rings. The maximum Gasteiger partial charge on any atom is 0.331 e. The first kappa shape index (κ1) is 17.1. The van der Waals surface area contributed by atoms with E-state index in [1.165, 1.54) is 11.0 Å². The van der Waals surface area contributed by atoms with Gasteiger partial charge in [-0.2, -0.15) is 5.26 Å². The summed E-state index contributed by atoms with van der Waals surface area (Å²) >= 11 is 0. The number of hydrogen-bond donors (Lipinski definition) is 1. The van der Waals surface area contributed by atoms with Crippen LogP contribution >= 0.6 is 0 Å². The number of rotatable bonds is 8. The van der Waals surface area contributed by atoms with E-state index < -0.39 is 24.5 Å². The summed E-state index contributed by atoms with van der Waals surface area (Å²) in [7, 11) is 0. The van der Waals surface area contributed by atoms with Crippen LogP contribution in [0.25, 0.3) is 0 Å². The van der Waals surface area contributed by atoms with Crippen LogP contribution < -0.4 is 5.32 Å². The molecule has 0 spiro atoms. The Bertz CT molecular complexity index is 696. The molecule has 1 aromatic carbocycles. The fraction of sp³-hybridized carbons (Fsp3) is 0.333. The number of hydrogen-bond acceptors (Lipinski definition) is 7. The molecule has 1 N–H and O–H groups in total. The van der Waals surface area contributed by atoms with Gasteiger partial charge in [0.25, 0.3) is 5.91 Å². The lowest BCUT2D eigenvalue weighted by Crippen LogP contribution is -2.32. The molecule has 2 aromatic rings. The van der Waals surface area contributed by atoms with E-state index in [9.17, 15) is 9.59 Å². The van der Waals surface area contributed by atoms with Crippen molar-refractivity contribution in [3.05, 3.63) is 42.2 Å². The van der Waals surface area contributed by atoms with E-state index in [0.29, 0.717) is 6.42 Å². The lowest BCUT2D eigenvalue weighted by molar-refractivity contribution is -0.152. The smallest absolute Gasteiger partial charge is 0.331 e. The molecule has 1 aromatic heterocycles. The number of nitrogens with one attached hydrogen (secondary N) is 1. The number of aromatic nitrogens is 4. The number of amides is 1. The first-order chi connectivity index (χ1) is 11.7. The number of ether oxygens (including phenoxy) is 1. The molecule has 0 bridgehead atoms. The summed E-state index contributed by atoms with van der Waals surface area (Å²) in [5, 5.41) is 21.7. The molecule has 1 heterocycles. The molecule has 2 rings (SSSR count). The van der Waals surface area contributed by atoms with Crippen molar-refractivity contribution in [2.75, 3.05) is 13.2 Å². The van der Waals surface area contributed by atoms with Crippen LogP contribution in [0.5, 0.6) is 0 Å². The highest BCUT2D eigenvalue weighted by molar-refractivity contribution is 5.81. The Labute approximate surface area is 138 Å². The fourth-order valence-corrected chi connectivity index (χ4v) is 1.98. The Morgan fingerprint density at radius 2 is 2.12 bits per heavy atom. The lowest BCUT2D eigenvalue weighted by atomic mass is 10.1. The molecule has 0 fully saturated rings. The molecule has 0 unspecified atom stereocenters. The van der Waals surface area contributed by atoms with E-state index in [0.717, 1.165) is 5.56 Å². The average Bonchev–Trinajstić information content (AvgIpc) is 3.13. The minimum atomic E-state index is -0.769. The van der Waals surface area contributed by atoms with Gasteiger partial charge in [0.2, 0.25) is 0 Å². The van der Waals surface area contributed by atoms with Crippen molar-refractivity contribution in [3.8, 4) is 6.07 Å². The number of nitriles is 1. The molecule has 0 aliphatic carbocycles. The van der Waals surface area contributed by atoms with Gasteiger partial charge in [0, 0.05) is 13.0 Å². The van der Waals surface area contributed by atoms with E-state index in [2.05, 4.69) is 20.8 Å². The zero-order valence-corrected chi connectivity index (χ0v) is 12.8. The number of esters is 1. The summed E-state index contributed by atoms with van der Waals surface area (Å²) in [6.45, 7) is -0.203. The van der Waals surface area contributed by atoms with Gasteiger partial charge in [0.15, 0.2) is 12.6 Å². The van der Waals surface area contributed by atoms with Crippen LogP contribution in [-0.4, -0.2) is 45.2 Å². The Balaban J connectivity index is 1.96. The maximum absolute atomic E-state index is 12.3. The van der Waals surface area contributed by atoms with E-state index in [1.807, 2.05) is 36.4 Å². The Kier molecular flexibility index (Phi) is 6.40. The first-order valence-corrected chi connectivity index (χ1v) is 7.27. The molecule has 0 saturated heterocycles. The molecule has 0 saturated carbocycles. The standard InChI is InChI=1S/C15H16N6O3/c16-7-4-8-17-14(22)10-24-15(23)13(21-11-18-19-20-21)9-12-5-2-1-3-6-12/h1-3,5-6,11,13H,4,8-10H2,(H,17,22)/t13-/m1/s1. The van der Waals surface area contributed by atoms with Gasteiger partial charge in [-0.15, -0.1) is 5.10 Å². The van der Waals surface area contributed by atoms with Crippen LogP contribution in [-0.2, 0) is 20.7 Å². The van der Waals surface area contributed by atoms with Crippen molar-refractivity contribution < 1.29 is 14.3 Å². The fourth-order valence-electron chi connectivity index (χ4n) is 1.98. The quantitative estimate of drug-likeness (QED) is 0.535. The third-order valence-electron chi connectivity index (χ3n) is 3.13.